The Balaban J connectivity index is 3.15. The fourth-order valence-corrected chi connectivity index (χ4v) is 4.14. The van der Waals surface area contributed by atoms with Crippen molar-refractivity contribution >= 4 is 10.0 Å². The lowest BCUT2D eigenvalue weighted by atomic mass is 10.4. The smallest absolute Gasteiger partial charge is 0.247 e. The molecule has 0 fully saturated rings. The highest BCUT2D eigenvalue weighted by molar-refractivity contribution is 7.89. The van der Waals surface area contributed by atoms with Gasteiger partial charge in [-0.1, -0.05) is 13.0 Å². The van der Waals surface area contributed by atoms with Gasteiger partial charge >= 0.3 is 0 Å². The number of hydrogen-bond acceptors (Lipinski definition) is 4. The van der Waals surface area contributed by atoms with Gasteiger partial charge in [-0.3, -0.25) is 4.68 Å². The van der Waals surface area contributed by atoms with E-state index in [4.69, 9.17) is 0 Å². The maximum atomic E-state index is 12.8. The van der Waals surface area contributed by atoms with Gasteiger partial charge in [0.25, 0.3) is 0 Å². The van der Waals surface area contributed by atoms with Crippen molar-refractivity contribution in [2.75, 3.05) is 26.7 Å². The van der Waals surface area contributed by atoms with E-state index in [0.29, 0.717) is 35.9 Å². The molecule has 0 bridgehead atoms. The van der Waals surface area contributed by atoms with Crippen LogP contribution in [-0.4, -0.2) is 49.2 Å². The molecule has 0 amide bonds. The Morgan fingerprint density at radius 1 is 1.43 bits per heavy atom. The predicted molar refractivity (Wildman–Crippen MR) is 84.9 cm³/mol. The third-order valence-corrected chi connectivity index (χ3v) is 5.59. The second kappa shape index (κ2) is 7.72. The first-order valence-electron chi connectivity index (χ1n) is 7.19. The van der Waals surface area contributed by atoms with Crippen molar-refractivity contribution in [3.8, 4) is 0 Å². The maximum absolute atomic E-state index is 12.8. The van der Waals surface area contributed by atoms with Gasteiger partial charge in [-0.2, -0.15) is 9.40 Å². The molecule has 0 spiro atoms. The topological polar surface area (TPSA) is 67.2 Å². The van der Waals surface area contributed by atoms with Crippen LogP contribution < -0.4 is 5.32 Å². The summed E-state index contributed by atoms with van der Waals surface area (Å²) >= 11 is 0. The molecule has 0 saturated carbocycles. The second-order valence-electron chi connectivity index (χ2n) is 4.92. The summed E-state index contributed by atoms with van der Waals surface area (Å²) in [4.78, 5) is 0.329. The summed E-state index contributed by atoms with van der Waals surface area (Å²) in [5.41, 5.74) is 1.26. The molecule has 1 aromatic rings. The van der Waals surface area contributed by atoms with Gasteiger partial charge in [0, 0.05) is 19.6 Å². The van der Waals surface area contributed by atoms with Crippen LogP contribution >= 0.6 is 0 Å². The molecule has 0 saturated heterocycles. The third-order valence-electron chi connectivity index (χ3n) is 3.40. The van der Waals surface area contributed by atoms with Gasteiger partial charge in [0.1, 0.15) is 4.90 Å². The number of rotatable bonds is 9. The van der Waals surface area contributed by atoms with Gasteiger partial charge in [-0.15, -0.1) is 6.58 Å². The lowest BCUT2D eigenvalue weighted by Crippen LogP contribution is -2.31. The standard InChI is InChI=1S/C14H26N4O2S/c1-6-10-17(7-2)21(19,20)14-12(3)16-18(13(14)4)11-8-9-15-5/h6,15H,1,7-11H2,2-5H3. The van der Waals surface area contributed by atoms with E-state index in [1.807, 2.05) is 20.9 Å². The minimum absolute atomic E-state index is 0.308. The van der Waals surface area contributed by atoms with E-state index in [2.05, 4.69) is 17.0 Å². The molecule has 0 atom stereocenters. The van der Waals surface area contributed by atoms with Crippen LogP contribution in [0.1, 0.15) is 24.7 Å². The fourth-order valence-electron chi connectivity index (χ4n) is 2.35. The molecular weight excluding hydrogens is 288 g/mol. The summed E-state index contributed by atoms with van der Waals surface area (Å²) in [5.74, 6) is 0. The lowest BCUT2D eigenvalue weighted by Gasteiger charge is -2.19. The van der Waals surface area contributed by atoms with Crippen molar-refractivity contribution in [3.63, 3.8) is 0 Å². The highest BCUT2D eigenvalue weighted by Gasteiger charge is 2.29. The minimum atomic E-state index is -3.52. The van der Waals surface area contributed by atoms with Crippen LogP contribution in [-0.2, 0) is 16.6 Å². The lowest BCUT2D eigenvalue weighted by molar-refractivity contribution is 0.458. The van der Waals surface area contributed by atoms with Crippen LogP contribution in [0.2, 0.25) is 0 Å². The van der Waals surface area contributed by atoms with E-state index < -0.39 is 10.0 Å². The van der Waals surface area contributed by atoms with Crippen molar-refractivity contribution in [3.05, 3.63) is 24.0 Å². The molecule has 0 unspecified atom stereocenters. The molecule has 0 aliphatic carbocycles. The van der Waals surface area contributed by atoms with E-state index in [-0.39, 0.29) is 0 Å². The monoisotopic (exact) mass is 314 g/mol. The van der Waals surface area contributed by atoms with E-state index >= 15 is 0 Å². The molecule has 0 aromatic carbocycles. The SMILES string of the molecule is C=CCN(CC)S(=O)(=O)c1c(C)nn(CCCNC)c1C. The molecule has 120 valence electrons. The van der Waals surface area contributed by atoms with Gasteiger partial charge in [0.05, 0.1) is 11.4 Å². The Kier molecular flexibility index (Phi) is 6.57. The number of hydrogen-bond donors (Lipinski definition) is 1. The van der Waals surface area contributed by atoms with Crippen molar-refractivity contribution < 1.29 is 8.42 Å². The zero-order valence-corrected chi connectivity index (χ0v) is 14.2. The van der Waals surface area contributed by atoms with Gasteiger partial charge in [0.2, 0.25) is 10.0 Å². The van der Waals surface area contributed by atoms with Crippen molar-refractivity contribution in [2.45, 2.75) is 38.6 Å². The molecule has 0 aliphatic heterocycles. The molecule has 1 rings (SSSR count). The molecule has 21 heavy (non-hydrogen) atoms. The van der Waals surface area contributed by atoms with Crippen molar-refractivity contribution in [2.24, 2.45) is 0 Å². The molecule has 6 nitrogen and oxygen atoms in total. The first-order chi connectivity index (χ1) is 9.89. The Morgan fingerprint density at radius 2 is 2.10 bits per heavy atom. The van der Waals surface area contributed by atoms with E-state index in [1.165, 1.54) is 4.31 Å². The highest BCUT2D eigenvalue weighted by Crippen LogP contribution is 2.23. The first-order valence-corrected chi connectivity index (χ1v) is 8.63. The minimum Gasteiger partial charge on any atom is -0.320 e. The van der Waals surface area contributed by atoms with Crippen LogP contribution in [0.3, 0.4) is 0 Å². The molecule has 0 radical (unpaired) electrons. The third kappa shape index (κ3) is 3.93. The molecule has 1 heterocycles. The summed E-state index contributed by atoms with van der Waals surface area (Å²) in [5, 5.41) is 7.46. The predicted octanol–water partition coefficient (Wildman–Crippen LogP) is 1.31. The summed E-state index contributed by atoms with van der Waals surface area (Å²) in [6, 6.07) is 0. The molecular formula is C14H26N4O2S. The van der Waals surface area contributed by atoms with E-state index in [1.54, 1.807) is 17.7 Å². The molecule has 7 heteroatoms. The average molecular weight is 314 g/mol. The van der Waals surface area contributed by atoms with Gasteiger partial charge in [0.15, 0.2) is 0 Å². The van der Waals surface area contributed by atoms with Crippen LogP contribution in [0, 0.1) is 13.8 Å². The second-order valence-corrected chi connectivity index (χ2v) is 6.80. The number of aryl methyl sites for hydroxylation is 2. The normalized spacial score (nSPS) is 12.0. The Bertz CT molecular complexity index is 578. The summed E-state index contributed by atoms with van der Waals surface area (Å²) in [6.07, 6.45) is 2.51. The number of aromatic nitrogens is 2. The van der Waals surface area contributed by atoms with Crippen LogP contribution in [0.15, 0.2) is 17.6 Å². The zero-order chi connectivity index (χ0) is 16.0. The van der Waals surface area contributed by atoms with Crippen molar-refractivity contribution in [1.82, 2.24) is 19.4 Å². The first kappa shape index (κ1) is 17.9. The van der Waals surface area contributed by atoms with Gasteiger partial charge in [-0.05, 0) is 33.9 Å². The number of nitrogens with zero attached hydrogens (tertiary/aromatic N) is 3. The number of nitrogens with one attached hydrogen (secondary N) is 1. The molecule has 1 aromatic heterocycles. The largest absolute Gasteiger partial charge is 0.320 e. The Hall–Kier alpha value is -1.18. The maximum Gasteiger partial charge on any atom is 0.247 e. The molecule has 0 aliphatic rings. The van der Waals surface area contributed by atoms with Crippen molar-refractivity contribution in [1.29, 1.82) is 0 Å². The highest BCUT2D eigenvalue weighted by atomic mass is 32.2. The van der Waals surface area contributed by atoms with E-state index in [9.17, 15) is 8.42 Å². The number of likely N-dealkylation sites (N-methyl/N-ethyl adjacent to an activating group) is 1. The Morgan fingerprint density at radius 3 is 2.62 bits per heavy atom. The summed E-state index contributed by atoms with van der Waals surface area (Å²) in [7, 11) is -1.63. The quantitative estimate of drug-likeness (QED) is 0.551. The summed E-state index contributed by atoms with van der Waals surface area (Å²) < 4.78 is 28.7. The van der Waals surface area contributed by atoms with Crippen LogP contribution in [0.4, 0.5) is 0 Å². The molecule has 1 N–H and O–H groups in total. The fraction of sp³-hybridized carbons (Fsp3) is 0.643. The number of sulfonamides is 1. The van der Waals surface area contributed by atoms with E-state index in [0.717, 1.165) is 13.0 Å². The van der Waals surface area contributed by atoms with Gasteiger partial charge < -0.3 is 5.32 Å². The van der Waals surface area contributed by atoms with Crippen LogP contribution in [0.5, 0.6) is 0 Å². The summed E-state index contributed by atoms with van der Waals surface area (Å²) in [6.45, 7) is 11.3. The zero-order valence-electron chi connectivity index (χ0n) is 13.4. The average Bonchev–Trinajstić information content (AvgIpc) is 2.71. The van der Waals surface area contributed by atoms with Crippen LogP contribution in [0.25, 0.3) is 0 Å². The van der Waals surface area contributed by atoms with Gasteiger partial charge in [-0.25, -0.2) is 8.42 Å². The Labute approximate surface area is 127 Å².